The molecule has 0 N–H and O–H groups in total. The summed E-state index contributed by atoms with van der Waals surface area (Å²) in [7, 11) is 1.70. The van der Waals surface area contributed by atoms with Gasteiger partial charge in [0, 0.05) is 56.0 Å². The van der Waals surface area contributed by atoms with Crippen LogP contribution in [0.2, 0.25) is 0 Å². The van der Waals surface area contributed by atoms with Gasteiger partial charge in [-0.15, -0.1) is 0 Å². The fourth-order valence-electron chi connectivity index (χ4n) is 3.92. The molecule has 1 fully saturated rings. The van der Waals surface area contributed by atoms with Crippen LogP contribution >= 0.6 is 0 Å². The van der Waals surface area contributed by atoms with Gasteiger partial charge >= 0.3 is 0 Å². The van der Waals surface area contributed by atoms with Gasteiger partial charge in [-0.25, -0.2) is 4.98 Å². The monoisotopic (exact) mass is 367 g/mol. The number of hydrogen-bond acceptors (Lipinski definition) is 4. The summed E-state index contributed by atoms with van der Waals surface area (Å²) in [4.78, 5) is 19.6. The van der Waals surface area contributed by atoms with Crippen molar-refractivity contribution >= 4 is 16.9 Å². The number of hydrogen-bond donors (Lipinski definition) is 0. The van der Waals surface area contributed by atoms with Crippen molar-refractivity contribution in [2.24, 2.45) is 0 Å². The SMILES string of the molecule is COCCn1ccnc1[C@@H]1CCCN(C(=O)c2ccc3oc(C)cc3c2)C1. The summed E-state index contributed by atoms with van der Waals surface area (Å²) in [6, 6.07) is 7.64. The van der Waals surface area contributed by atoms with Crippen LogP contribution in [0.25, 0.3) is 11.0 Å². The molecule has 0 saturated carbocycles. The number of methoxy groups -OCH3 is 1. The summed E-state index contributed by atoms with van der Waals surface area (Å²) in [6.07, 6.45) is 5.86. The lowest BCUT2D eigenvalue weighted by atomic mass is 9.96. The van der Waals surface area contributed by atoms with Crippen molar-refractivity contribution in [2.75, 3.05) is 26.8 Å². The number of ether oxygens (including phenoxy) is 1. The summed E-state index contributed by atoms with van der Waals surface area (Å²) in [5, 5.41) is 0.974. The zero-order chi connectivity index (χ0) is 18.8. The average Bonchev–Trinajstić information content (AvgIpc) is 3.30. The van der Waals surface area contributed by atoms with Crippen molar-refractivity contribution in [2.45, 2.75) is 32.2 Å². The molecule has 1 atom stereocenters. The standard InChI is InChI=1S/C21H25N3O3/c1-15-12-18-13-16(5-6-19(18)27-15)21(25)24-8-3-4-17(14-24)20-22-7-9-23(20)10-11-26-2/h5-7,9,12-13,17H,3-4,8,10-11,14H2,1-2H3/t17-/m1/s1. The lowest BCUT2D eigenvalue weighted by molar-refractivity contribution is 0.0702. The van der Waals surface area contributed by atoms with E-state index in [2.05, 4.69) is 9.55 Å². The summed E-state index contributed by atoms with van der Waals surface area (Å²) in [5.74, 6) is 2.24. The Balaban J connectivity index is 1.51. The van der Waals surface area contributed by atoms with Gasteiger partial charge in [0.25, 0.3) is 5.91 Å². The minimum absolute atomic E-state index is 0.0791. The number of aromatic nitrogens is 2. The molecule has 2 aromatic heterocycles. The Morgan fingerprint density at radius 1 is 1.37 bits per heavy atom. The van der Waals surface area contributed by atoms with Crippen LogP contribution in [0.4, 0.5) is 0 Å². The molecule has 4 rings (SSSR count). The smallest absolute Gasteiger partial charge is 0.253 e. The number of fused-ring (bicyclic) bond motifs is 1. The number of piperidine rings is 1. The molecule has 1 saturated heterocycles. The molecule has 1 aromatic carbocycles. The Bertz CT molecular complexity index is 943. The maximum absolute atomic E-state index is 13.1. The van der Waals surface area contributed by atoms with Crippen LogP contribution in [0.15, 0.2) is 41.1 Å². The predicted octanol–water partition coefficient (Wildman–Crippen LogP) is 3.60. The van der Waals surface area contributed by atoms with Crippen molar-refractivity contribution in [3.05, 3.63) is 53.8 Å². The van der Waals surface area contributed by atoms with Crippen LogP contribution in [-0.2, 0) is 11.3 Å². The van der Waals surface area contributed by atoms with Gasteiger partial charge in [0.1, 0.15) is 17.2 Å². The van der Waals surface area contributed by atoms with E-state index >= 15 is 0 Å². The normalized spacial score (nSPS) is 17.6. The van der Waals surface area contributed by atoms with Gasteiger partial charge < -0.3 is 18.6 Å². The summed E-state index contributed by atoms with van der Waals surface area (Å²) in [6.45, 7) is 4.85. The predicted molar refractivity (Wildman–Crippen MR) is 103 cm³/mol. The Morgan fingerprint density at radius 3 is 3.11 bits per heavy atom. The Kier molecular flexibility index (Phi) is 4.99. The summed E-state index contributed by atoms with van der Waals surface area (Å²) < 4.78 is 12.9. The third kappa shape index (κ3) is 3.62. The first-order chi connectivity index (χ1) is 13.2. The van der Waals surface area contributed by atoms with Gasteiger partial charge in [-0.2, -0.15) is 0 Å². The molecule has 0 aliphatic carbocycles. The first kappa shape index (κ1) is 17.8. The fourth-order valence-corrected chi connectivity index (χ4v) is 3.92. The summed E-state index contributed by atoms with van der Waals surface area (Å²) >= 11 is 0. The van der Waals surface area contributed by atoms with Crippen LogP contribution in [-0.4, -0.2) is 47.2 Å². The van der Waals surface area contributed by atoms with E-state index in [1.54, 1.807) is 7.11 Å². The lowest BCUT2D eigenvalue weighted by Gasteiger charge is -2.32. The minimum atomic E-state index is 0.0791. The van der Waals surface area contributed by atoms with Crippen LogP contribution in [0, 0.1) is 6.92 Å². The molecule has 3 heterocycles. The number of carbonyl (C=O) groups excluding carboxylic acids is 1. The second-order valence-corrected chi connectivity index (χ2v) is 7.17. The van der Waals surface area contributed by atoms with E-state index in [9.17, 15) is 4.79 Å². The van der Waals surface area contributed by atoms with Crippen LogP contribution in [0.3, 0.4) is 0 Å². The first-order valence-corrected chi connectivity index (χ1v) is 9.45. The van der Waals surface area contributed by atoms with Crippen LogP contribution in [0.1, 0.15) is 40.7 Å². The molecule has 27 heavy (non-hydrogen) atoms. The molecule has 3 aromatic rings. The number of furan rings is 1. The second kappa shape index (κ2) is 7.56. The Morgan fingerprint density at radius 2 is 2.26 bits per heavy atom. The second-order valence-electron chi connectivity index (χ2n) is 7.17. The average molecular weight is 367 g/mol. The van der Waals surface area contributed by atoms with Crippen LogP contribution < -0.4 is 0 Å². The van der Waals surface area contributed by atoms with Crippen molar-refractivity contribution in [1.82, 2.24) is 14.5 Å². The first-order valence-electron chi connectivity index (χ1n) is 9.45. The van der Waals surface area contributed by atoms with Gasteiger partial charge in [0.05, 0.1) is 6.61 Å². The third-order valence-corrected chi connectivity index (χ3v) is 5.24. The fraction of sp³-hybridized carbons (Fsp3) is 0.429. The molecule has 6 nitrogen and oxygen atoms in total. The highest BCUT2D eigenvalue weighted by Crippen LogP contribution is 2.28. The maximum Gasteiger partial charge on any atom is 0.253 e. The molecule has 0 radical (unpaired) electrons. The Labute approximate surface area is 158 Å². The van der Waals surface area contributed by atoms with Gasteiger partial charge in [-0.05, 0) is 44.0 Å². The molecule has 0 spiro atoms. The molecule has 1 aliphatic heterocycles. The number of benzene rings is 1. The topological polar surface area (TPSA) is 60.5 Å². The lowest BCUT2D eigenvalue weighted by Crippen LogP contribution is -2.39. The van der Waals surface area contributed by atoms with Gasteiger partial charge in [-0.1, -0.05) is 0 Å². The van der Waals surface area contributed by atoms with Crippen molar-refractivity contribution in [3.8, 4) is 0 Å². The molecule has 6 heteroatoms. The maximum atomic E-state index is 13.1. The number of aryl methyl sites for hydroxylation is 1. The minimum Gasteiger partial charge on any atom is -0.461 e. The zero-order valence-electron chi connectivity index (χ0n) is 15.9. The van der Waals surface area contributed by atoms with Gasteiger partial charge in [0.15, 0.2) is 0 Å². The third-order valence-electron chi connectivity index (χ3n) is 5.24. The van der Waals surface area contributed by atoms with E-state index < -0.39 is 0 Å². The Hall–Kier alpha value is -2.60. The number of rotatable bonds is 5. The molecule has 1 amide bonds. The highest BCUT2D eigenvalue weighted by molar-refractivity contribution is 5.98. The van der Waals surface area contributed by atoms with E-state index in [1.165, 1.54) is 0 Å². The van der Waals surface area contributed by atoms with Gasteiger partial charge in [-0.3, -0.25) is 4.79 Å². The van der Waals surface area contributed by atoms with Crippen molar-refractivity contribution in [3.63, 3.8) is 0 Å². The molecule has 0 bridgehead atoms. The van der Waals surface area contributed by atoms with E-state index in [0.717, 1.165) is 48.5 Å². The largest absolute Gasteiger partial charge is 0.461 e. The number of amides is 1. The van der Waals surface area contributed by atoms with Crippen molar-refractivity contribution in [1.29, 1.82) is 0 Å². The summed E-state index contributed by atoms with van der Waals surface area (Å²) in [5.41, 5.74) is 1.53. The van der Waals surface area contributed by atoms with Crippen molar-refractivity contribution < 1.29 is 13.9 Å². The number of carbonyl (C=O) groups is 1. The number of likely N-dealkylation sites (tertiary alicyclic amines) is 1. The van der Waals surface area contributed by atoms with Gasteiger partial charge in [0.2, 0.25) is 0 Å². The van der Waals surface area contributed by atoms with E-state index in [4.69, 9.17) is 9.15 Å². The molecule has 142 valence electrons. The quantitative estimate of drug-likeness (QED) is 0.691. The van der Waals surface area contributed by atoms with Crippen LogP contribution in [0.5, 0.6) is 0 Å². The van der Waals surface area contributed by atoms with E-state index in [1.807, 2.05) is 48.5 Å². The molecule has 0 unspecified atom stereocenters. The van der Waals surface area contributed by atoms with E-state index in [0.29, 0.717) is 18.7 Å². The molecular formula is C21H25N3O3. The molecular weight excluding hydrogens is 342 g/mol. The van der Waals surface area contributed by atoms with E-state index in [-0.39, 0.29) is 11.8 Å². The molecule has 1 aliphatic rings. The highest BCUT2D eigenvalue weighted by atomic mass is 16.5. The number of nitrogens with zero attached hydrogens (tertiary/aromatic N) is 3. The zero-order valence-corrected chi connectivity index (χ0v) is 15.9. The number of imidazole rings is 1. The highest BCUT2D eigenvalue weighted by Gasteiger charge is 2.28.